The second kappa shape index (κ2) is 13.2. The van der Waals surface area contributed by atoms with Gasteiger partial charge in [-0.3, -0.25) is 9.36 Å². The Morgan fingerprint density at radius 3 is 2.32 bits per heavy atom. The first-order valence-electron chi connectivity index (χ1n) is 13.8. The fourth-order valence-electron chi connectivity index (χ4n) is 4.71. The van der Waals surface area contributed by atoms with E-state index >= 15 is 0 Å². The van der Waals surface area contributed by atoms with Crippen molar-refractivity contribution in [1.29, 1.82) is 0 Å². The Morgan fingerprint density at radius 2 is 1.63 bits per heavy atom. The van der Waals surface area contributed by atoms with E-state index in [1.807, 2.05) is 75.3 Å². The summed E-state index contributed by atoms with van der Waals surface area (Å²) in [6, 6.07) is 20.7. The maximum Gasteiger partial charge on any atom is 0.338 e. The predicted molar refractivity (Wildman–Crippen MR) is 162 cm³/mol. The Labute approximate surface area is 240 Å². The minimum absolute atomic E-state index is 0.180. The van der Waals surface area contributed by atoms with E-state index in [-0.39, 0.29) is 18.2 Å². The number of para-hydroxylation sites is 2. The topological polar surface area (TPSA) is 96.8 Å². The minimum atomic E-state index is -0.559. The molecule has 9 heteroatoms. The minimum Gasteiger partial charge on any atom is -0.462 e. The Kier molecular flexibility index (Phi) is 9.52. The molecular formula is C32H37N5O4. The van der Waals surface area contributed by atoms with Crippen molar-refractivity contribution in [3.05, 3.63) is 100 Å². The zero-order chi connectivity index (χ0) is 29.5. The molecule has 1 unspecified atom stereocenters. The number of ether oxygens (including phenoxy) is 1. The van der Waals surface area contributed by atoms with Crippen LogP contribution in [0.25, 0.3) is 16.6 Å². The van der Waals surface area contributed by atoms with Gasteiger partial charge in [0, 0.05) is 18.8 Å². The Hall–Kier alpha value is -4.50. The SMILES string of the molecule is CCOC(=O)c1ccc(NC(=O)N(CCN(C)C)C(C)c2nc3ccccc3c(=O)n2-c2ccccc2CC)cc1. The Balaban J connectivity index is 1.77. The molecule has 2 amide bonds. The number of carbonyl (C=O) groups is 2. The van der Waals surface area contributed by atoms with Gasteiger partial charge in [-0.05, 0) is 82.4 Å². The lowest BCUT2D eigenvalue weighted by Gasteiger charge is -2.31. The molecule has 1 aromatic heterocycles. The highest BCUT2D eigenvalue weighted by atomic mass is 16.5. The number of aromatic nitrogens is 2. The number of esters is 1. The van der Waals surface area contributed by atoms with Gasteiger partial charge in [-0.15, -0.1) is 0 Å². The molecule has 0 saturated carbocycles. The molecule has 4 rings (SSSR count). The van der Waals surface area contributed by atoms with Crippen molar-refractivity contribution >= 4 is 28.6 Å². The normalized spacial score (nSPS) is 11.9. The number of anilines is 1. The fraction of sp³-hybridized carbons (Fsp3) is 0.312. The van der Waals surface area contributed by atoms with Crippen molar-refractivity contribution in [1.82, 2.24) is 19.4 Å². The van der Waals surface area contributed by atoms with E-state index in [9.17, 15) is 14.4 Å². The molecule has 0 radical (unpaired) electrons. The quantitative estimate of drug-likeness (QED) is 0.268. The molecule has 214 valence electrons. The first kappa shape index (κ1) is 29.5. The van der Waals surface area contributed by atoms with Crippen LogP contribution in [0, 0.1) is 0 Å². The maximum atomic E-state index is 14.0. The van der Waals surface area contributed by atoms with Gasteiger partial charge in [-0.25, -0.2) is 14.6 Å². The van der Waals surface area contributed by atoms with Gasteiger partial charge in [0.1, 0.15) is 5.82 Å². The van der Waals surface area contributed by atoms with E-state index in [4.69, 9.17) is 9.72 Å². The second-order valence-corrected chi connectivity index (χ2v) is 10.0. The highest BCUT2D eigenvalue weighted by Gasteiger charge is 2.27. The van der Waals surface area contributed by atoms with Crippen LogP contribution in [0.5, 0.6) is 0 Å². The fourth-order valence-corrected chi connectivity index (χ4v) is 4.71. The molecule has 0 fully saturated rings. The lowest BCUT2D eigenvalue weighted by molar-refractivity contribution is 0.0526. The van der Waals surface area contributed by atoms with Crippen LogP contribution in [0.15, 0.2) is 77.6 Å². The summed E-state index contributed by atoms with van der Waals surface area (Å²) in [4.78, 5) is 48.4. The lowest BCUT2D eigenvalue weighted by atomic mass is 10.1. The van der Waals surface area contributed by atoms with Crippen molar-refractivity contribution in [3.63, 3.8) is 0 Å². The summed E-state index contributed by atoms with van der Waals surface area (Å²) >= 11 is 0. The van der Waals surface area contributed by atoms with Gasteiger partial charge in [0.2, 0.25) is 0 Å². The zero-order valence-electron chi connectivity index (χ0n) is 24.3. The van der Waals surface area contributed by atoms with Crippen LogP contribution in [0.1, 0.15) is 48.6 Å². The summed E-state index contributed by atoms with van der Waals surface area (Å²) < 4.78 is 6.70. The smallest absolute Gasteiger partial charge is 0.338 e. The van der Waals surface area contributed by atoms with Crippen LogP contribution in [0.4, 0.5) is 10.5 Å². The average Bonchev–Trinajstić information content (AvgIpc) is 2.97. The maximum absolute atomic E-state index is 14.0. The molecule has 1 atom stereocenters. The Morgan fingerprint density at radius 1 is 0.951 bits per heavy atom. The summed E-state index contributed by atoms with van der Waals surface area (Å²) in [6.45, 7) is 6.96. The number of nitrogens with zero attached hydrogens (tertiary/aromatic N) is 4. The predicted octanol–water partition coefficient (Wildman–Crippen LogP) is 5.28. The van der Waals surface area contributed by atoms with E-state index in [1.54, 1.807) is 46.7 Å². The largest absolute Gasteiger partial charge is 0.462 e. The standard InChI is InChI=1S/C32H37N5O4/c1-6-23-12-8-11-15-28(23)37-29(34-27-14-10-9-13-26(27)30(37)38)22(3)36(21-20-35(4)5)32(40)33-25-18-16-24(17-19-25)31(39)41-7-2/h8-19,22H,6-7,20-21H2,1-5H3,(H,33,40). The number of carbonyl (C=O) groups excluding carboxylic acids is 2. The molecule has 0 bridgehead atoms. The number of amides is 2. The number of rotatable bonds is 10. The molecule has 0 aliphatic rings. The highest BCUT2D eigenvalue weighted by Crippen LogP contribution is 2.25. The van der Waals surface area contributed by atoms with Gasteiger partial charge >= 0.3 is 12.0 Å². The third-order valence-corrected chi connectivity index (χ3v) is 6.95. The molecule has 1 N–H and O–H groups in total. The molecule has 1 heterocycles. The number of urea groups is 1. The van der Waals surface area contributed by atoms with Gasteiger partial charge in [-0.2, -0.15) is 0 Å². The number of benzene rings is 3. The van der Waals surface area contributed by atoms with Gasteiger partial charge < -0.3 is 19.9 Å². The summed E-state index contributed by atoms with van der Waals surface area (Å²) in [7, 11) is 3.88. The van der Waals surface area contributed by atoms with Crippen molar-refractivity contribution in [2.24, 2.45) is 0 Å². The first-order valence-corrected chi connectivity index (χ1v) is 13.8. The van der Waals surface area contributed by atoms with Gasteiger partial charge in [-0.1, -0.05) is 37.3 Å². The van der Waals surface area contributed by atoms with E-state index < -0.39 is 12.0 Å². The average molecular weight is 556 g/mol. The third kappa shape index (κ3) is 6.63. The van der Waals surface area contributed by atoms with E-state index in [0.717, 1.165) is 17.7 Å². The van der Waals surface area contributed by atoms with Gasteiger partial charge in [0.25, 0.3) is 5.56 Å². The molecule has 41 heavy (non-hydrogen) atoms. The van der Waals surface area contributed by atoms with Crippen LogP contribution >= 0.6 is 0 Å². The summed E-state index contributed by atoms with van der Waals surface area (Å²) in [5, 5.41) is 3.46. The number of aryl methyl sites for hydroxylation is 1. The molecule has 3 aromatic carbocycles. The van der Waals surface area contributed by atoms with E-state index in [1.165, 1.54) is 0 Å². The number of fused-ring (bicyclic) bond motifs is 1. The second-order valence-electron chi connectivity index (χ2n) is 10.0. The summed E-state index contributed by atoms with van der Waals surface area (Å²) in [5.74, 6) is 0.0560. The van der Waals surface area contributed by atoms with Crippen molar-refractivity contribution in [3.8, 4) is 5.69 Å². The molecule has 0 spiro atoms. The van der Waals surface area contributed by atoms with Crippen molar-refractivity contribution in [2.45, 2.75) is 33.2 Å². The van der Waals surface area contributed by atoms with E-state index in [0.29, 0.717) is 41.1 Å². The van der Waals surface area contributed by atoms with Crippen LogP contribution in [0.3, 0.4) is 0 Å². The molecule has 4 aromatic rings. The van der Waals surface area contributed by atoms with Crippen LogP contribution < -0.4 is 10.9 Å². The summed E-state index contributed by atoms with van der Waals surface area (Å²) in [6.07, 6.45) is 0.732. The Bertz CT molecular complexity index is 1580. The molecule has 9 nitrogen and oxygen atoms in total. The number of likely N-dealkylation sites (N-methyl/N-ethyl adjacent to an activating group) is 1. The number of nitrogens with one attached hydrogen (secondary N) is 1. The zero-order valence-corrected chi connectivity index (χ0v) is 24.3. The number of hydrogen-bond donors (Lipinski definition) is 1. The molecule has 0 aliphatic carbocycles. The molecular weight excluding hydrogens is 518 g/mol. The van der Waals surface area contributed by atoms with Gasteiger partial charge in [0.05, 0.1) is 34.8 Å². The monoisotopic (exact) mass is 555 g/mol. The molecule has 0 aliphatic heterocycles. The first-order chi connectivity index (χ1) is 19.7. The third-order valence-electron chi connectivity index (χ3n) is 6.95. The summed E-state index contributed by atoms with van der Waals surface area (Å²) in [5.41, 5.74) is 3.09. The van der Waals surface area contributed by atoms with E-state index in [2.05, 4.69) is 5.32 Å². The molecule has 0 saturated heterocycles. The van der Waals surface area contributed by atoms with Crippen molar-refractivity contribution in [2.75, 3.05) is 39.1 Å². The highest BCUT2D eigenvalue weighted by molar-refractivity contribution is 5.92. The number of hydrogen-bond acceptors (Lipinski definition) is 6. The van der Waals surface area contributed by atoms with Crippen LogP contribution in [-0.2, 0) is 11.2 Å². The van der Waals surface area contributed by atoms with Crippen LogP contribution in [0.2, 0.25) is 0 Å². The van der Waals surface area contributed by atoms with Crippen molar-refractivity contribution < 1.29 is 14.3 Å². The van der Waals surface area contributed by atoms with Crippen LogP contribution in [-0.4, -0.2) is 65.1 Å². The lowest BCUT2D eigenvalue weighted by Crippen LogP contribution is -2.43. The van der Waals surface area contributed by atoms with Gasteiger partial charge in [0.15, 0.2) is 0 Å².